The molecule has 142 valence electrons. The van der Waals surface area contributed by atoms with Gasteiger partial charge in [0.25, 0.3) is 5.91 Å². The van der Waals surface area contributed by atoms with Crippen LogP contribution in [-0.4, -0.2) is 23.0 Å². The van der Waals surface area contributed by atoms with E-state index < -0.39 is 0 Å². The van der Waals surface area contributed by atoms with Crippen LogP contribution in [0.15, 0.2) is 94.7 Å². The monoisotopic (exact) mass is 419 g/mol. The normalized spacial score (nSPS) is 15.4. The molecule has 0 radical (unpaired) electrons. The zero-order chi connectivity index (χ0) is 20.2. The lowest BCUT2D eigenvalue weighted by Gasteiger charge is -2.12. The molecule has 1 amide bonds. The molecule has 4 nitrogen and oxygen atoms in total. The zero-order valence-electron chi connectivity index (χ0n) is 15.2. The van der Waals surface area contributed by atoms with Gasteiger partial charge in [-0.3, -0.25) is 4.79 Å². The number of rotatable bonds is 4. The summed E-state index contributed by atoms with van der Waals surface area (Å²) in [4.78, 5) is 17.6. The maximum atomic E-state index is 13.0. The number of amides is 1. The Balaban J connectivity index is 1.73. The van der Waals surface area contributed by atoms with Gasteiger partial charge in [0.15, 0.2) is 5.84 Å². The van der Waals surface area contributed by atoms with Crippen molar-refractivity contribution in [2.24, 2.45) is 10.1 Å². The highest BCUT2D eigenvalue weighted by molar-refractivity contribution is 6.33. The molecule has 4 rings (SSSR count). The first kappa shape index (κ1) is 19.1. The minimum absolute atomic E-state index is 0.294. The molecule has 1 heterocycles. The van der Waals surface area contributed by atoms with Crippen molar-refractivity contribution < 1.29 is 4.79 Å². The average molecular weight is 420 g/mol. The molecule has 0 atom stereocenters. The van der Waals surface area contributed by atoms with Crippen LogP contribution in [0.4, 0.5) is 0 Å². The first-order valence-electron chi connectivity index (χ1n) is 8.86. The van der Waals surface area contributed by atoms with Gasteiger partial charge in [-0.1, -0.05) is 83.9 Å². The van der Waals surface area contributed by atoms with E-state index in [0.717, 1.165) is 11.1 Å². The van der Waals surface area contributed by atoms with E-state index in [0.29, 0.717) is 27.1 Å². The molecule has 0 unspecified atom stereocenters. The summed E-state index contributed by atoms with van der Waals surface area (Å²) < 4.78 is 0. The van der Waals surface area contributed by atoms with Crippen LogP contribution in [0.3, 0.4) is 0 Å². The van der Waals surface area contributed by atoms with E-state index in [4.69, 9.17) is 23.2 Å². The standard InChI is InChI=1S/C23H15Cl2N3O/c24-19-12-10-16(11-13-19)14-21-23(29)28(22(27-21)17-6-2-1-3-7-17)26-15-18-8-4-5-9-20(18)25/h1-15H/b21-14+,26-15+. The Hall–Kier alpha value is -3.21. The van der Waals surface area contributed by atoms with Crippen LogP contribution in [0.25, 0.3) is 6.08 Å². The Morgan fingerprint density at radius 1 is 0.862 bits per heavy atom. The maximum absolute atomic E-state index is 13.0. The number of aliphatic imine (C=N–C) groups is 1. The highest BCUT2D eigenvalue weighted by Gasteiger charge is 2.31. The molecule has 0 bridgehead atoms. The quantitative estimate of drug-likeness (QED) is 0.397. The molecular formula is C23H15Cl2N3O. The maximum Gasteiger partial charge on any atom is 0.298 e. The van der Waals surface area contributed by atoms with E-state index in [1.807, 2.05) is 60.7 Å². The Labute approximate surface area is 178 Å². The molecule has 0 spiro atoms. The topological polar surface area (TPSA) is 45.0 Å². The third-order valence-electron chi connectivity index (χ3n) is 4.26. The van der Waals surface area contributed by atoms with Crippen molar-refractivity contribution in [3.05, 3.63) is 111 Å². The molecule has 1 aliphatic heterocycles. The SMILES string of the molecule is O=C1/C(=C\c2ccc(Cl)cc2)N=C(c2ccccc2)N1/N=C/c1ccccc1Cl. The third-order valence-corrected chi connectivity index (χ3v) is 4.86. The Kier molecular flexibility index (Phi) is 5.56. The van der Waals surface area contributed by atoms with Crippen molar-refractivity contribution in [1.82, 2.24) is 5.01 Å². The molecule has 1 aliphatic rings. The number of amidine groups is 1. The fourth-order valence-electron chi connectivity index (χ4n) is 2.81. The Morgan fingerprint density at radius 3 is 2.28 bits per heavy atom. The largest absolute Gasteiger partial charge is 0.298 e. The molecule has 3 aromatic carbocycles. The average Bonchev–Trinajstić information content (AvgIpc) is 3.05. The minimum Gasteiger partial charge on any atom is -0.265 e. The Bertz CT molecular complexity index is 1140. The second kappa shape index (κ2) is 8.43. The van der Waals surface area contributed by atoms with Crippen molar-refractivity contribution in [3.8, 4) is 0 Å². The third kappa shape index (κ3) is 4.29. The van der Waals surface area contributed by atoms with Gasteiger partial charge in [0, 0.05) is 21.2 Å². The molecule has 0 aromatic heterocycles. The molecule has 0 saturated carbocycles. The van der Waals surface area contributed by atoms with Crippen LogP contribution < -0.4 is 0 Å². The summed E-state index contributed by atoms with van der Waals surface area (Å²) in [5.74, 6) is 0.140. The van der Waals surface area contributed by atoms with Gasteiger partial charge in [-0.05, 0) is 29.8 Å². The van der Waals surface area contributed by atoms with Gasteiger partial charge < -0.3 is 0 Å². The van der Waals surface area contributed by atoms with E-state index >= 15 is 0 Å². The van der Waals surface area contributed by atoms with Gasteiger partial charge in [-0.2, -0.15) is 10.1 Å². The van der Waals surface area contributed by atoms with Crippen LogP contribution >= 0.6 is 23.2 Å². The number of carbonyl (C=O) groups is 1. The van der Waals surface area contributed by atoms with Crippen LogP contribution in [-0.2, 0) is 4.79 Å². The van der Waals surface area contributed by atoms with E-state index in [1.54, 1.807) is 30.5 Å². The molecule has 0 saturated heterocycles. The fourth-order valence-corrected chi connectivity index (χ4v) is 3.12. The summed E-state index contributed by atoms with van der Waals surface area (Å²) in [6, 6.07) is 23.9. The summed E-state index contributed by atoms with van der Waals surface area (Å²) in [5, 5.41) is 6.86. The smallest absolute Gasteiger partial charge is 0.265 e. The highest BCUT2D eigenvalue weighted by atomic mass is 35.5. The van der Waals surface area contributed by atoms with Gasteiger partial charge in [0.1, 0.15) is 5.70 Å². The Morgan fingerprint density at radius 2 is 1.55 bits per heavy atom. The van der Waals surface area contributed by atoms with E-state index in [2.05, 4.69) is 10.1 Å². The van der Waals surface area contributed by atoms with E-state index in [9.17, 15) is 4.79 Å². The predicted molar refractivity (Wildman–Crippen MR) is 118 cm³/mol. The molecular weight excluding hydrogens is 405 g/mol. The second-order valence-electron chi connectivity index (χ2n) is 6.27. The number of hydrogen-bond donors (Lipinski definition) is 0. The van der Waals surface area contributed by atoms with Crippen molar-refractivity contribution in [1.29, 1.82) is 0 Å². The number of carbonyl (C=O) groups excluding carboxylic acids is 1. The van der Waals surface area contributed by atoms with Gasteiger partial charge in [-0.25, -0.2) is 4.99 Å². The van der Waals surface area contributed by atoms with Gasteiger partial charge in [0.05, 0.1) is 6.21 Å². The van der Waals surface area contributed by atoms with Crippen LogP contribution in [0.5, 0.6) is 0 Å². The summed E-state index contributed by atoms with van der Waals surface area (Å²) in [6.07, 6.45) is 3.27. The molecule has 0 fully saturated rings. The van der Waals surface area contributed by atoms with Crippen molar-refractivity contribution in [3.63, 3.8) is 0 Å². The van der Waals surface area contributed by atoms with E-state index in [-0.39, 0.29) is 5.91 Å². The van der Waals surface area contributed by atoms with Crippen molar-refractivity contribution in [2.45, 2.75) is 0 Å². The number of benzene rings is 3. The lowest BCUT2D eigenvalue weighted by atomic mass is 10.2. The lowest BCUT2D eigenvalue weighted by molar-refractivity contribution is -0.122. The summed E-state index contributed by atoms with van der Waals surface area (Å²) in [5.41, 5.74) is 2.62. The van der Waals surface area contributed by atoms with Crippen molar-refractivity contribution in [2.75, 3.05) is 0 Å². The fraction of sp³-hybridized carbons (Fsp3) is 0. The molecule has 6 heteroatoms. The number of nitrogens with zero attached hydrogens (tertiary/aromatic N) is 3. The molecule has 3 aromatic rings. The first-order valence-corrected chi connectivity index (χ1v) is 9.62. The number of halogens is 2. The van der Waals surface area contributed by atoms with E-state index in [1.165, 1.54) is 5.01 Å². The second-order valence-corrected chi connectivity index (χ2v) is 7.11. The van der Waals surface area contributed by atoms with Gasteiger partial charge >= 0.3 is 0 Å². The molecule has 29 heavy (non-hydrogen) atoms. The molecule has 0 aliphatic carbocycles. The highest BCUT2D eigenvalue weighted by Crippen LogP contribution is 2.23. The number of hydrazone groups is 1. The minimum atomic E-state index is -0.317. The van der Waals surface area contributed by atoms with Crippen LogP contribution in [0, 0.1) is 0 Å². The predicted octanol–water partition coefficient (Wildman–Crippen LogP) is 5.66. The van der Waals surface area contributed by atoms with Gasteiger partial charge in [-0.15, -0.1) is 0 Å². The zero-order valence-corrected chi connectivity index (χ0v) is 16.7. The van der Waals surface area contributed by atoms with Crippen LogP contribution in [0.2, 0.25) is 10.0 Å². The van der Waals surface area contributed by atoms with Crippen LogP contribution in [0.1, 0.15) is 16.7 Å². The number of hydrogen-bond acceptors (Lipinski definition) is 3. The summed E-state index contributed by atoms with van der Waals surface area (Å²) >= 11 is 12.1. The van der Waals surface area contributed by atoms with Crippen molar-refractivity contribution >= 4 is 47.2 Å². The summed E-state index contributed by atoms with van der Waals surface area (Å²) in [7, 11) is 0. The summed E-state index contributed by atoms with van der Waals surface area (Å²) in [6.45, 7) is 0. The van der Waals surface area contributed by atoms with Gasteiger partial charge in [0.2, 0.25) is 0 Å². The lowest BCUT2D eigenvalue weighted by Crippen LogP contribution is -2.27. The molecule has 0 N–H and O–H groups in total. The first-order chi connectivity index (χ1) is 14.1.